The largest absolute Gasteiger partial charge is 0.462 e. The molecule has 0 rings (SSSR count). The Bertz CT molecular complexity index is 589. The Morgan fingerprint density at radius 2 is 0.786 bits per heavy atom. The molecule has 0 aromatic carbocycles. The van der Waals surface area contributed by atoms with Crippen LogP contribution in [-0.2, 0) is 19.1 Å². The summed E-state index contributed by atoms with van der Waals surface area (Å²) < 4.78 is 10.6. The van der Waals surface area contributed by atoms with Crippen LogP contribution in [0.4, 0.5) is 0 Å². The van der Waals surface area contributed by atoms with Gasteiger partial charge < -0.3 is 14.6 Å². The zero-order chi connectivity index (χ0) is 31.1. The maximum absolute atomic E-state index is 12.1. The summed E-state index contributed by atoms with van der Waals surface area (Å²) in [5, 5.41) is 9.52. The van der Waals surface area contributed by atoms with Crippen LogP contribution < -0.4 is 0 Å². The number of rotatable bonds is 32. The summed E-state index contributed by atoms with van der Waals surface area (Å²) in [5.74, 6) is 1.08. The first-order chi connectivity index (χ1) is 20.3. The highest BCUT2D eigenvalue weighted by Crippen LogP contribution is 2.16. The van der Waals surface area contributed by atoms with Crippen molar-refractivity contribution in [3.8, 4) is 0 Å². The second-order valence-corrected chi connectivity index (χ2v) is 13.6. The van der Waals surface area contributed by atoms with Gasteiger partial charge in [0.1, 0.15) is 6.61 Å². The van der Waals surface area contributed by atoms with Crippen LogP contribution in [0.5, 0.6) is 0 Å². The van der Waals surface area contributed by atoms with Crippen molar-refractivity contribution in [2.24, 2.45) is 11.8 Å². The Balaban J connectivity index is 3.52. The summed E-state index contributed by atoms with van der Waals surface area (Å²) in [4.78, 5) is 24.1. The Hall–Kier alpha value is -1.10. The van der Waals surface area contributed by atoms with Gasteiger partial charge in [-0.25, -0.2) is 0 Å². The molecular weight excluding hydrogens is 524 g/mol. The summed E-state index contributed by atoms with van der Waals surface area (Å²) in [7, 11) is 0. The number of carbonyl (C=O) groups is 2. The van der Waals surface area contributed by atoms with Gasteiger partial charge in [-0.15, -0.1) is 0 Å². The number of hydrogen-bond acceptors (Lipinski definition) is 5. The van der Waals surface area contributed by atoms with Crippen LogP contribution in [0.25, 0.3) is 0 Å². The lowest BCUT2D eigenvalue weighted by atomic mass is 10.0. The highest BCUT2D eigenvalue weighted by atomic mass is 16.6. The lowest BCUT2D eigenvalue weighted by Crippen LogP contribution is -2.28. The zero-order valence-electron chi connectivity index (χ0n) is 28.6. The van der Waals surface area contributed by atoms with Gasteiger partial charge in [0, 0.05) is 12.8 Å². The number of ether oxygens (including phenoxy) is 2. The second-order valence-electron chi connectivity index (χ2n) is 13.6. The predicted octanol–water partition coefficient (Wildman–Crippen LogP) is 10.9. The third kappa shape index (κ3) is 31.8. The molecule has 0 aromatic rings. The molecule has 0 amide bonds. The van der Waals surface area contributed by atoms with Crippen LogP contribution in [0.1, 0.15) is 195 Å². The van der Waals surface area contributed by atoms with Crippen LogP contribution in [0.3, 0.4) is 0 Å². The maximum Gasteiger partial charge on any atom is 0.306 e. The molecule has 1 N–H and O–H groups in total. The van der Waals surface area contributed by atoms with E-state index in [0.29, 0.717) is 12.8 Å². The van der Waals surface area contributed by atoms with Crippen molar-refractivity contribution >= 4 is 11.9 Å². The molecule has 0 spiro atoms. The normalized spacial score (nSPS) is 12.3. The number of aliphatic hydroxyl groups is 1. The average Bonchev–Trinajstić information content (AvgIpc) is 2.95. The molecule has 0 aliphatic carbocycles. The quantitative estimate of drug-likeness (QED) is 0.0617. The van der Waals surface area contributed by atoms with Gasteiger partial charge in [-0.3, -0.25) is 9.59 Å². The van der Waals surface area contributed by atoms with E-state index < -0.39 is 6.10 Å². The first kappa shape index (κ1) is 40.9. The van der Waals surface area contributed by atoms with E-state index in [9.17, 15) is 14.7 Å². The lowest BCUT2D eigenvalue weighted by molar-refractivity contribution is -0.161. The van der Waals surface area contributed by atoms with E-state index in [4.69, 9.17) is 9.47 Å². The van der Waals surface area contributed by atoms with E-state index >= 15 is 0 Å². The van der Waals surface area contributed by atoms with Crippen LogP contribution in [0.15, 0.2) is 0 Å². The molecule has 0 radical (unpaired) electrons. The second kappa shape index (κ2) is 31.3. The standard InChI is InChI=1S/C37H72O5/c1-33(2)27-23-19-15-11-9-7-5-6-8-10-12-18-22-26-30-37(40)42-35(31-38)32-41-36(39)29-25-21-17-14-13-16-20-24-28-34(3)4/h33-35,38H,5-32H2,1-4H3/t35-/m0/s1. The average molecular weight is 597 g/mol. The fourth-order valence-corrected chi connectivity index (χ4v) is 5.45. The van der Waals surface area contributed by atoms with Crippen LogP contribution in [-0.4, -0.2) is 36.4 Å². The topological polar surface area (TPSA) is 72.8 Å². The highest BCUT2D eigenvalue weighted by Gasteiger charge is 2.16. The van der Waals surface area contributed by atoms with Crippen LogP contribution in [0, 0.1) is 11.8 Å². The third-order valence-electron chi connectivity index (χ3n) is 8.26. The Morgan fingerprint density at radius 3 is 1.12 bits per heavy atom. The molecule has 0 saturated carbocycles. The van der Waals surface area contributed by atoms with Gasteiger partial charge in [-0.1, -0.05) is 169 Å². The minimum absolute atomic E-state index is 0.0598. The van der Waals surface area contributed by atoms with E-state index in [-0.39, 0.29) is 25.2 Å². The van der Waals surface area contributed by atoms with Crippen molar-refractivity contribution in [1.29, 1.82) is 0 Å². The van der Waals surface area contributed by atoms with Crippen molar-refractivity contribution in [2.75, 3.05) is 13.2 Å². The highest BCUT2D eigenvalue weighted by molar-refractivity contribution is 5.70. The summed E-state index contributed by atoms with van der Waals surface area (Å²) in [6.07, 6.45) is 30.2. The van der Waals surface area contributed by atoms with E-state index in [1.807, 2.05) is 0 Å². The summed E-state index contributed by atoms with van der Waals surface area (Å²) in [6.45, 7) is 8.81. The Labute approximate surface area is 261 Å². The van der Waals surface area contributed by atoms with Crippen molar-refractivity contribution in [1.82, 2.24) is 0 Å². The van der Waals surface area contributed by atoms with Gasteiger partial charge in [0.15, 0.2) is 6.10 Å². The van der Waals surface area contributed by atoms with E-state index in [1.54, 1.807) is 0 Å². The van der Waals surface area contributed by atoms with Crippen LogP contribution >= 0.6 is 0 Å². The molecule has 0 heterocycles. The van der Waals surface area contributed by atoms with Gasteiger partial charge >= 0.3 is 11.9 Å². The van der Waals surface area contributed by atoms with Gasteiger partial charge in [0.25, 0.3) is 0 Å². The van der Waals surface area contributed by atoms with Crippen molar-refractivity contribution in [3.63, 3.8) is 0 Å². The van der Waals surface area contributed by atoms with Crippen molar-refractivity contribution in [3.05, 3.63) is 0 Å². The smallest absolute Gasteiger partial charge is 0.306 e. The lowest BCUT2D eigenvalue weighted by Gasteiger charge is -2.15. The van der Waals surface area contributed by atoms with Gasteiger partial charge in [-0.05, 0) is 24.7 Å². The number of aliphatic hydroxyl groups excluding tert-OH is 1. The third-order valence-corrected chi connectivity index (χ3v) is 8.26. The van der Waals surface area contributed by atoms with Gasteiger partial charge in [-0.2, -0.15) is 0 Å². The fraction of sp³-hybridized carbons (Fsp3) is 0.946. The Kier molecular flexibility index (Phi) is 30.5. The van der Waals surface area contributed by atoms with E-state index in [1.165, 1.54) is 116 Å². The van der Waals surface area contributed by atoms with E-state index in [0.717, 1.165) is 50.4 Å². The Morgan fingerprint density at radius 1 is 0.476 bits per heavy atom. The summed E-state index contributed by atoms with van der Waals surface area (Å²) in [5.41, 5.74) is 0. The van der Waals surface area contributed by atoms with Crippen LogP contribution in [0.2, 0.25) is 0 Å². The molecule has 0 saturated heterocycles. The first-order valence-corrected chi connectivity index (χ1v) is 18.3. The van der Waals surface area contributed by atoms with Gasteiger partial charge in [0.2, 0.25) is 0 Å². The minimum atomic E-state index is -0.762. The molecule has 5 heteroatoms. The summed E-state index contributed by atoms with van der Waals surface area (Å²) in [6, 6.07) is 0. The maximum atomic E-state index is 12.1. The molecule has 0 fully saturated rings. The summed E-state index contributed by atoms with van der Waals surface area (Å²) >= 11 is 0. The predicted molar refractivity (Wildman–Crippen MR) is 178 cm³/mol. The van der Waals surface area contributed by atoms with Crippen molar-refractivity contribution in [2.45, 2.75) is 201 Å². The molecule has 0 aliphatic heterocycles. The fourth-order valence-electron chi connectivity index (χ4n) is 5.45. The molecular formula is C37H72O5. The molecule has 5 nitrogen and oxygen atoms in total. The number of carbonyl (C=O) groups excluding carboxylic acids is 2. The minimum Gasteiger partial charge on any atom is -0.462 e. The SMILES string of the molecule is CC(C)CCCCCCCCCCCCCCCCC(=O)O[C@@H](CO)COC(=O)CCCCCCCCCCC(C)C. The number of hydrogen-bond donors (Lipinski definition) is 1. The first-order valence-electron chi connectivity index (χ1n) is 18.3. The molecule has 250 valence electrons. The molecule has 1 atom stereocenters. The molecule has 0 bridgehead atoms. The van der Waals surface area contributed by atoms with Gasteiger partial charge in [0.05, 0.1) is 6.61 Å². The zero-order valence-corrected chi connectivity index (χ0v) is 28.6. The number of unbranched alkanes of at least 4 members (excludes halogenated alkanes) is 20. The molecule has 0 aliphatic rings. The molecule has 0 unspecified atom stereocenters. The molecule has 42 heavy (non-hydrogen) atoms. The molecule has 0 aromatic heterocycles. The van der Waals surface area contributed by atoms with E-state index in [2.05, 4.69) is 27.7 Å². The van der Waals surface area contributed by atoms with Crippen molar-refractivity contribution < 1.29 is 24.2 Å². The number of esters is 2. The monoisotopic (exact) mass is 597 g/mol.